The predicted octanol–water partition coefficient (Wildman–Crippen LogP) is 14.4. The van der Waals surface area contributed by atoms with Crippen LogP contribution >= 0.6 is 97.1 Å². The zero-order valence-corrected chi connectivity index (χ0v) is 49.2. The van der Waals surface area contributed by atoms with E-state index in [4.69, 9.17) is 102 Å². The van der Waals surface area contributed by atoms with Crippen LogP contribution in [0.4, 0.5) is 5.69 Å². The summed E-state index contributed by atoms with van der Waals surface area (Å²) < 4.78 is 5.56. The number of alkyl halides is 3. The minimum absolute atomic E-state index is 0.0338. The van der Waals surface area contributed by atoms with E-state index in [0.717, 1.165) is 31.5 Å². The van der Waals surface area contributed by atoms with Gasteiger partial charge < -0.3 is 40.4 Å². The molecule has 0 unspecified atom stereocenters. The van der Waals surface area contributed by atoms with Gasteiger partial charge in [-0.3, -0.25) is 19.2 Å². The molecule has 0 radical (unpaired) electrons. The SMILES string of the molecule is CC(Cl)(Cl)Cl.Clc1ccc2cccc(Br)c2n1.Nc1c(O)cc[nH]c1=O.O=C(Cc1c(O)cc[nH]c1=O)c1cccc2ccc(Cl)nc12.O=C(O)c1cccc2ccc(Cl)nc12.O=c1[nH]ccc2oc(-c3cccc4ccc(Cl)nc34)nc12. The van der Waals surface area contributed by atoms with Gasteiger partial charge in [0.2, 0.25) is 5.89 Å². The van der Waals surface area contributed by atoms with Crippen LogP contribution in [-0.4, -0.2) is 70.7 Å². The minimum Gasteiger partial charge on any atom is -0.507 e. The van der Waals surface area contributed by atoms with Crippen LogP contribution < -0.4 is 22.4 Å². The van der Waals surface area contributed by atoms with Gasteiger partial charge in [0.05, 0.1) is 38.8 Å². The van der Waals surface area contributed by atoms with Gasteiger partial charge in [-0.05, 0) is 114 Å². The maximum atomic E-state index is 12.5. The number of Topliss-reactive ketones (excluding diaryl/α,β-unsaturated/α-hetero) is 1. The van der Waals surface area contributed by atoms with E-state index in [2.05, 4.69) is 55.8 Å². The number of carbonyl (C=O) groups excluding carboxylic acids is 1. The summed E-state index contributed by atoms with van der Waals surface area (Å²) in [7, 11) is 0. The van der Waals surface area contributed by atoms with E-state index in [1.807, 2.05) is 54.6 Å². The van der Waals surface area contributed by atoms with Crippen molar-refractivity contribution in [2.24, 2.45) is 0 Å². The molecule has 8 N–H and O–H groups in total. The average molecular weight is 1320 g/mol. The van der Waals surface area contributed by atoms with E-state index in [-0.39, 0.29) is 56.7 Å². The highest BCUT2D eigenvalue weighted by atomic mass is 79.9. The van der Waals surface area contributed by atoms with Crippen LogP contribution in [0.3, 0.4) is 0 Å². The summed E-state index contributed by atoms with van der Waals surface area (Å²) in [6.45, 7) is 1.48. The number of hydrogen-bond acceptors (Lipinski definition) is 14. The number of nitrogens with zero attached hydrogens (tertiary/aromatic N) is 5. The molecule has 26 heteroatoms. The van der Waals surface area contributed by atoms with Crippen molar-refractivity contribution >= 4 is 169 Å². The number of anilines is 1. The highest BCUT2D eigenvalue weighted by Crippen LogP contribution is 2.30. The van der Waals surface area contributed by atoms with Crippen LogP contribution in [0.5, 0.6) is 11.5 Å². The lowest BCUT2D eigenvalue weighted by atomic mass is 10.0. The number of para-hydroxylation sites is 4. The van der Waals surface area contributed by atoms with Crippen molar-refractivity contribution < 1.29 is 29.3 Å². The average Bonchev–Trinajstić information content (AvgIpc) is 3.87. The van der Waals surface area contributed by atoms with Gasteiger partial charge in [-0.1, -0.05) is 130 Å². The first kappa shape index (κ1) is 62.5. The molecule has 12 aromatic rings. The normalized spacial score (nSPS) is 10.7. The fourth-order valence-electron chi connectivity index (χ4n) is 7.42. The van der Waals surface area contributed by atoms with Gasteiger partial charge >= 0.3 is 5.97 Å². The molecule has 422 valence electrons. The highest BCUT2D eigenvalue weighted by Gasteiger charge is 2.18. The number of aromatic nitrogens is 8. The van der Waals surface area contributed by atoms with Crippen LogP contribution in [0.15, 0.2) is 181 Å². The molecule has 0 saturated heterocycles. The third-order valence-corrected chi connectivity index (χ3v) is 12.6. The van der Waals surface area contributed by atoms with Crippen LogP contribution in [0.2, 0.25) is 20.6 Å². The number of rotatable bonds is 5. The van der Waals surface area contributed by atoms with Gasteiger partial charge in [-0.25, -0.2) is 29.7 Å². The molecular formula is C57H39BrCl7N9O9. The molecule has 0 atom stereocenters. The molecule has 83 heavy (non-hydrogen) atoms. The first-order valence-electron chi connectivity index (χ1n) is 23.7. The highest BCUT2D eigenvalue weighted by molar-refractivity contribution is 9.10. The number of hydrogen-bond donors (Lipinski definition) is 7. The third kappa shape index (κ3) is 17.0. The number of nitrogens with two attached hydrogens (primary N) is 1. The Kier molecular flexibility index (Phi) is 21.3. The second kappa shape index (κ2) is 28.2. The van der Waals surface area contributed by atoms with Crippen LogP contribution in [0, 0.1) is 0 Å². The minimum atomic E-state index is -1.08. The number of aromatic hydroxyl groups is 2. The first-order chi connectivity index (χ1) is 39.4. The van der Waals surface area contributed by atoms with E-state index in [1.54, 1.807) is 66.7 Å². The molecule has 0 aliphatic heterocycles. The van der Waals surface area contributed by atoms with Crippen molar-refractivity contribution in [1.29, 1.82) is 0 Å². The molecule has 0 saturated carbocycles. The topological polar surface area (TPSA) is 297 Å². The van der Waals surface area contributed by atoms with Crippen molar-refractivity contribution in [2.45, 2.75) is 17.1 Å². The number of oxazole rings is 1. The number of nitrogens with one attached hydrogen (secondary N) is 3. The molecule has 12 rings (SSSR count). The second-order valence-corrected chi connectivity index (χ2v) is 22.2. The number of halogens is 8. The van der Waals surface area contributed by atoms with Crippen molar-refractivity contribution in [3.63, 3.8) is 0 Å². The molecule has 0 fully saturated rings. The summed E-state index contributed by atoms with van der Waals surface area (Å²) in [4.78, 5) is 85.5. The predicted molar refractivity (Wildman–Crippen MR) is 331 cm³/mol. The Labute approximate surface area is 511 Å². The molecular weight excluding hydrogens is 1280 g/mol. The van der Waals surface area contributed by atoms with Crippen molar-refractivity contribution in [1.82, 2.24) is 39.9 Å². The Balaban J connectivity index is 0.000000151. The lowest BCUT2D eigenvalue weighted by molar-refractivity contribution is 0.0698. The van der Waals surface area contributed by atoms with Crippen LogP contribution in [-0.2, 0) is 6.42 Å². The summed E-state index contributed by atoms with van der Waals surface area (Å²) in [5, 5.41) is 32.4. The number of H-pyrrole nitrogens is 3. The number of benzene rings is 4. The number of aromatic carboxylic acids is 1. The molecule has 8 aromatic heterocycles. The molecule has 18 nitrogen and oxygen atoms in total. The lowest BCUT2D eigenvalue weighted by Gasteiger charge is -2.06. The van der Waals surface area contributed by atoms with E-state index in [1.165, 1.54) is 43.7 Å². The fraction of sp³-hybridized carbons (Fsp3) is 0.0526. The number of carboxylic acid groups (broad SMARTS) is 1. The fourth-order valence-corrected chi connectivity index (χ4v) is 8.48. The maximum absolute atomic E-state index is 12.5. The third-order valence-electron chi connectivity index (χ3n) is 11.1. The number of nitrogen functional groups attached to an aromatic ring is 1. The zero-order valence-electron chi connectivity index (χ0n) is 42.3. The van der Waals surface area contributed by atoms with Crippen molar-refractivity contribution in [3.05, 3.63) is 231 Å². The molecule has 0 spiro atoms. The molecule has 0 aliphatic rings. The largest absolute Gasteiger partial charge is 0.507 e. The summed E-state index contributed by atoms with van der Waals surface area (Å²) in [5.74, 6) is -1.35. The van der Waals surface area contributed by atoms with E-state index in [0.29, 0.717) is 54.6 Å². The van der Waals surface area contributed by atoms with Gasteiger partial charge in [-0.2, -0.15) is 0 Å². The molecule has 0 bridgehead atoms. The summed E-state index contributed by atoms with van der Waals surface area (Å²) in [6, 6.07) is 40.2. The van der Waals surface area contributed by atoms with Gasteiger partial charge in [0.25, 0.3) is 16.7 Å². The van der Waals surface area contributed by atoms with Crippen LogP contribution in [0.1, 0.15) is 33.2 Å². The Morgan fingerprint density at radius 2 is 0.976 bits per heavy atom. The van der Waals surface area contributed by atoms with E-state index in [9.17, 15) is 29.1 Å². The number of carbonyl (C=O) groups is 2. The molecule has 0 aliphatic carbocycles. The maximum Gasteiger partial charge on any atom is 0.337 e. The van der Waals surface area contributed by atoms with Gasteiger partial charge in [0, 0.05) is 56.6 Å². The standard InChI is InChI=1S/C16H11ClN2O3.C15H8ClN3O2.C10H6ClNO2.C9H5BrClN.C5H6N2O2.C2H3Cl3/c17-14-5-4-9-2-1-3-10(15(9)19-14)13(21)8-11-12(20)6-7-18-16(11)22;16-11-5-4-8-2-1-3-9(12(8)18-11)15-19-13-10(21-15)6-7-17-14(13)20;11-8-5-4-6-2-1-3-7(10(13)14)9(6)12-8;10-7-3-1-2-6-4-5-8(11)12-9(6)7;6-4-3(8)1-2-7-5(4)9;1-2(3,4)5/h1-7H,8H2,(H2,18,20,22);1-7H,(H,17,20);1-5H,(H,13,14);1-5H;1-2H,6H2,(H2,7,8,9);1H3. The molecule has 4 aromatic carbocycles. The van der Waals surface area contributed by atoms with Gasteiger partial charge in [0.15, 0.2) is 20.7 Å². The first-order valence-corrected chi connectivity index (χ1v) is 27.1. The monoisotopic (exact) mass is 1320 g/mol. The van der Waals surface area contributed by atoms with E-state index < -0.39 is 20.9 Å². The second-order valence-electron chi connectivity index (χ2n) is 17.0. The smallest absolute Gasteiger partial charge is 0.337 e. The molecule has 8 heterocycles. The number of aromatic amines is 3. The van der Waals surface area contributed by atoms with Gasteiger partial charge in [-0.15, -0.1) is 0 Å². The zero-order chi connectivity index (χ0) is 60.1. The quantitative estimate of drug-likeness (QED) is 0.0479. The number of carboxylic acids is 1. The number of pyridine rings is 7. The number of ketones is 1. The Hall–Kier alpha value is -8.11. The summed E-state index contributed by atoms with van der Waals surface area (Å²) in [5.41, 5.74) is 8.19. The van der Waals surface area contributed by atoms with E-state index >= 15 is 0 Å². The summed E-state index contributed by atoms with van der Waals surface area (Å²) >= 11 is 41.9. The lowest BCUT2D eigenvalue weighted by Crippen LogP contribution is -2.16. The van der Waals surface area contributed by atoms with Crippen molar-refractivity contribution in [2.75, 3.05) is 5.73 Å². The molecule has 0 amide bonds. The van der Waals surface area contributed by atoms with Gasteiger partial charge in [0.1, 0.15) is 37.8 Å². The van der Waals surface area contributed by atoms with Crippen LogP contribution in [0.25, 0.3) is 66.2 Å². The Morgan fingerprint density at radius 3 is 1.49 bits per heavy atom. The summed E-state index contributed by atoms with van der Waals surface area (Å²) in [6.07, 6.45) is 3.96. The Bertz CT molecular complexity index is 4530. The Morgan fingerprint density at radius 1 is 0.542 bits per heavy atom. The van der Waals surface area contributed by atoms with Crippen molar-refractivity contribution in [3.8, 4) is 23.0 Å². The number of fused-ring (bicyclic) bond motifs is 5.